The second-order valence-corrected chi connectivity index (χ2v) is 8.62. The van der Waals surface area contributed by atoms with Gasteiger partial charge < -0.3 is 19.7 Å². The van der Waals surface area contributed by atoms with Gasteiger partial charge in [-0.05, 0) is 57.5 Å². The van der Waals surface area contributed by atoms with Crippen LogP contribution >= 0.6 is 12.2 Å². The van der Waals surface area contributed by atoms with E-state index in [0.717, 1.165) is 12.0 Å². The molecule has 3 aliphatic rings. The quantitative estimate of drug-likeness (QED) is 0.741. The normalized spacial score (nSPS) is 27.0. The maximum absolute atomic E-state index is 13.9. The zero-order chi connectivity index (χ0) is 19.3. The summed E-state index contributed by atoms with van der Waals surface area (Å²) < 4.78 is 25.1. The average molecular weight is 393 g/mol. The minimum atomic E-state index is -0.543. The topological polar surface area (TPSA) is 54.0 Å². The second kappa shape index (κ2) is 6.51. The summed E-state index contributed by atoms with van der Waals surface area (Å²) in [4.78, 5) is 16.4. The Balaban J connectivity index is 1.50. The van der Waals surface area contributed by atoms with Crippen molar-refractivity contribution in [2.45, 2.75) is 57.5 Å². The van der Waals surface area contributed by atoms with Crippen molar-refractivity contribution in [2.75, 3.05) is 13.2 Å². The Morgan fingerprint density at radius 2 is 2.19 bits per heavy atom. The number of nitrogens with zero attached hydrogens (tertiary/aromatic N) is 2. The van der Waals surface area contributed by atoms with Crippen molar-refractivity contribution >= 4 is 23.4 Å². The Kier molecular flexibility index (Phi) is 4.41. The van der Waals surface area contributed by atoms with Crippen LogP contribution in [0.5, 0.6) is 5.75 Å². The molecule has 8 heteroatoms. The van der Waals surface area contributed by atoms with Gasteiger partial charge in [-0.2, -0.15) is 0 Å². The van der Waals surface area contributed by atoms with Crippen LogP contribution in [0.15, 0.2) is 18.2 Å². The number of carbonyl (C=O) groups is 1. The van der Waals surface area contributed by atoms with Gasteiger partial charge in [0.2, 0.25) is 0 Å². The number of rotatable bonds is 1. The van der Waals surface area contributed by atoms with Crippen LogP contribution in [-0.4, -0.2) is 58.0 Å². The monoisotopic (exact) mass is 393 g/mol. The van der Waals surface area contributed by atoms with Gasteiger partial charge in [-0.1, -0.05) is 12.1 Å². The SMILES string of the molecule is CC(C)(C)OC(=O)N1CCC2C1NC(=S)N2[C@H]1COc2c(F)cccc2C1. The smallest absolute Gasteiger partial charge is 0.412 e. The van der Waals surface area contributed by atoms with Crippen LogP contribution in [0, 0.1) is 5.82 Å². The largest absolute Gasteiger partial charge is 0.488 e. The van der Waals surface area contributed by atoms with Crippen LogP contribution < -0.4 is 10.1 Å². The van der Waals surface area contributed by atoms with E-state index >= 15 is 0 Å². The van der Waals surface area contributed by atoms with Gasteiger partial charge in [-0.15, -0.1) is 0 Å². The third kappa shape index (κ3) is 3.31. The van der Waals surface area contributed by atoms with E-state index < -0.39 is 5.60 Å². The number of hydrogen-bond acceptors (Lipinski definition) is 4. The van der Waals surface area contributed by atoms with Crippen LogP contribution in [0.25, 0.3) is 0 Å². The first-order valence-electron chi connectivity index (χ1n) is 9.23. The first-order chi connectivity index (χ1) is 12.7. The number of amides is 1. The van der Waals surface area contributed by atoms with E-state index in [1.165, 1.54) is 6.07 Å². The van der Waals surface area contributed by atoms with Gasteiger partial charge in [0.25, 0.3) is 0 Å². The number of hydrogen-bond donors (Lipinski definition) is 1. The van der Waals surface area contributed by atoms with E-state index in [9.17, 15) is 9.18 Å². The molecule has 1 amide bonds. The lowest BCUT2D eigenvalue weighted by Crippen LogP contribution is -2.49. The summed E-state index contributed by atoms with van der Waals surface area (Å²) in [5, 5.41) is 3.87. The molecule has 0 radical (unpaired) electrons. The summed E-state index contributed by atoms with van der Waals surface area (Å²) in [5.74, 6) is 0.00750. The molecule has 1 N–H and O–H groups in total. The van der Waals surface area contributed by atoms with Gasteiger partial charge in [-0.25, -0.2) is 9.18 Å². The van der Waals surface area contributed by atoms with Gasteiger partial charge in [0.05, 0.1) is 12.1 Å². The third-order valence-electron chi connectivity index (χ3n) is 5.17. The molecule has 146 valence electrons. The van der Waals surface area contributed by atoms with Crippen LogP contribution in [0.1, 0.15) is 32.8 Å². The van der Waals surface area contributed by atoms with E-state index in [4.69, 9.17) is 21.7 Å². The number of benzene rings is 1. The first kappa shape index (κ1) is 18.3. The van der Waals surface area contributed by atoms with Crippen LogP contribution in [0.3, 0.4) is 0 Å². The highest BCUT2D eigenvalue weighted by atomic mass is 32.1. The molecule has 0 aromatic heterocycles. The molecule has 0 spiro atoms. The number of fused-ring (bicyclic) bond motifs is 2. The van der Waals surface area contributed by atoms with Gasteiger partial charge >= 0.3 is 6.09 Å². The summed E-state index contributed by atoms with van der Waals surface area (Å²) in [6.07, 6.45) is 0.912. The maximum Gasteiger partial charge on any atom is 0.412 e. The molecule has 1 aromatic rings. The first-order valence-corrected chi connectivity index (χ1v) is 9.64. The van der Waals surface area contributed by atoms with E-state index in [-0.39, 0.29) is 30.2 Å². The van der Waals surface area contributed by atoms with Crippen molar-refractivity contribution in [1.82, 2.24) is 15.1 Å². The minimum Gasteiger partial charge on any atom is -0.488 e. The standard InChI is InChI=1S/C19H24FN3O3S/c1-19(2,3)26-18(24)22-8-7-14-16(22)21-17(27)23(14)12-9-11-5-4-6-13(20)15(11)25-10-12/h4-6,12,14,16H,7-10H2,1-3H3,(H,21,27)/t12-,14?,16?/m1/s1. The Morgan fingerprint density at radius 3 is 2.93 bits per heavy atom. The molecule has 2 unspecified atom stereocenters. The minimum absolute atomic E-state index is 0.00730. The summed E-state index contributed by atoms with van der Waals surface area (Å²) in [6.45, 7) is 6.54. The number of likely N-dealkylation sites (tertiary alicyclic amines) is 1. The molecule has 0 bridgehead atoms. The predicted octanol–water partition coefficient (Wildman–Crippen LogP) is 2.65. The Hall–Kier alpha value is -2.09. The molecular weight excluding hydrogens is 369 g/mol. The Labute approximate surface area is 163 Å². The third-order valence-corrected chi connectivity index (χ3v) is 5.50. The number of nitrogens with one attached hydrogen (secondary N) is 1. The van der Waals surface area contributed by atoms with Crippen molar-refractivity contribution in [3.8, 4) is 5.75 Å². The van der Waals surface area contributed by atoms with Gasteiger partial charge in [-0.3, -0.25) is 4.90 Å². The lowest BCUT2D eigenvalue weighted by atomic mass is 10.00. The summed E-state index contributed by atoms with van der Waals surface area (Å²) in [6, 6.07) is 5.06. The fourth-order valence-corrected chi connectivity index (χ4v) is 4.51. The highest BCUT2D eigenvalue weighted by Gasteiger charge is 2.50. The van der Waals surface area contributed by atoms with E-state index in [1.54, 1.807) is 11.0 Å². The van der Waals surface area contributed by atoms with Crippen molar-refractivity contribution in [3.05, 3.63) is 29.6 Å². The highest BCUT2D eigenvalue weighted by Crippen LogP contribution is 2.35. The number of carbonyl (C=O) groups excluding carboxylic acids is 1. The van der Waals surface area contributed by atoms with Gasteiger partial charge in [0.1, 0.15) is 18.4 Å². The summed E-state index contributed by atoms with van der Waals surface area (Å²) >= 11 is 5.56. The zero-order valence-corrected chi connectivity index (χ0v) is 16.5. The van der Waals surface area contributed by atoms with Gasteiger partial charge in [0, 0.05) is 6.54 Å². The molecule has 1 aromatic carbocycles. The Morgan fingerprint density at radius 1 is 1.41 bits per heavy atom. The van der Waals surface area contributed by atoms with E-state index in [2.05, 4.69) is 10.2 Å². The van der Waals surface area contributed by atoms with Crippen LogP contribution in [0.2, 0.25) is 0 Å². The van der Waals surface area contributed by atoms with Crippen LogP contribution in [-0.2, 0) is 11.2 Å². The lowest BCUT2D eigenvalue weighted by Gasteiger charge is -2.36. The molecule has 3 heterocycles. The van der Waals surface area contributed by atoms with Crippen molar-refractivity contribution in [3.63, 3.8) is 0 Å². The molecule has 3 aliphatic heterocycles. The van der Waals surface area contributed by atoms with E-state index in [1.807, 2.05) is 26.8 Å². The predicted molar refractivity (Wildman–Crippen MR) is 102 cm³/mol. The van der Waals surface area contributed by atoms with Crippen molar-refractivity contribution in [1.29, 1.82) is 0 Å². The molecule has 27 heavy (non-hydrogen) atoms. The summed E-state index contributed by atoms with van der Waals surface area (Å²) in [5.41, 5.74) is 0.304. The summed E-state index contributed by atoms with van der Waals surface area (Å²) in [7, 11) is 0. The molecule has 0 aliphatic carbocycles. The fraction of sp³-hybridized carbons (Fsp3) is 0.579. The highest BCUT2D eigenvalue weighted by molar-refractivity contribution is 7.80. The molecule has 2 saturated heterocycles. The number of para-hydroxylation sites is 1. The maximum atomic E-state index is 13.9. The van der Waals surface area contributed by atoms with E-state index in [0.29, 0.717) is 30.4 Å². The lowest BCUT2D eigenvalue weighted by molar-refractivity contribution is 0.0203. The van der Waals surface area contributed by atoms with Crippen molar-refractivity contribution in [2.24, 2.45) is 0 Å². The average Bonchev–Trinajstić information content (AvgIpc) is 3.10. The number of halogens is 1. The van der Waals surface area contributed by atoms with Crippen molar-refractivity contribution < 1.29 is 18.7 Å². The zero-order valence-electron chi connectivity index (χ0n) is 15.7. The van der Waals surface area contributed by atoms with Crippen LogP contribution in [0.4, 0.5) is 9.18 Å². The van der Waals surface area contributed by atoms with Gasteiger partial charge in [0.15, 0.2) is 16.7 Å². The molecule has 3 atom stereocenters. The molecule has 0 saturated carbocycles. The Bertz CT molecular complexity index is 782. The fourth-order valence-electron chi connectivity index (χ4n) is 4.10. The second-order valence-electron chi connectivity index (χ2n) is 8.23. The molecule has 4 rings (SSSR count). The molecular formula is C19H24FN3O3S. The molecule has 2 fully saturated rings. The number of ether oxygens (including phenoxy) is 2. The molecule has 6 nitrogen and oxygen atoms in total. The number of thiocarbonyl (C=S) groups is 1.